The first kappa shape index (κ1) is 15.5. The Morgan fingerprint density at radius 1 is 1.05 bits per heavy atom. The van der Waals surface area contributed by atoms with Crippen LogP contribution in [0.15, 0.2) is 54.6 Å². The quantitative estimate of drug-likeness (QED) is 0.573. The fourth-order valence-electron chi connectivity index (χ4n) is 2.45. The monoisotopic (exact) mass is 410 g/mol. The van der Waals surface area contributed by atoms with E-state index in [0.717, 1.165) is 14.7 Å². The van der Waals surface area contributed by atoms with Crippen molar-refractivity contribution >= 4 is 28.6 Å². The number of rotatable bonds is 3. The van der Waals surface area contributed by atoms with Crippen LogP contribution in [0, 0.1) is 3.57 Å². The molecule has 0 aliphatic carbocycles. The number of hydrogen-bond acceptors (Lipinski definition) is 4. The van der Waals surface area contributed by atoms with Gasteiger partial charge in [-0.25, -0.2) is 4.79 Å². The summed E-state index contributed by atoms with van der Waals surface area (Å²) in [6, 6.07) is 17.4. The van der Waals surface area contributed by atoms with Gasteiger partial charge in [-0.05, 0) is 34.2 Å². The molecule has 3 rings (SSSR count). The molecule has 1 heterocycles. The third kappa shape index (κ3) is 3.02. The Labute approximate surface area is 142 Å². The lowest BCUT2D eigenvalue weighted by atomic mass is 10.0. The van der Waals surface area contributed by atoms with Crippen LogP contribution in [-0.4, -0.2) is 19.2 Å². The van der Waals surface area contributed by atoms with E-state index in [1.54, 1.807) is 0 Å². The number of ether oxygens (including phenoxy) is 3. The van der Waals surface area contributed by atoms with Crippen LogP contribution in [0.2, 0.25) is 0 Å². The van der Waals surface area contributed by atoms with Gasteiger partial charge in [-0.15, -0.1) is 0 Å². The summed E-state index contributed by atoms with van der Waals surface area (Å²) in [5.41, 5.74) is 1.81. The summed E-state index contributed by atoms with van der Waals surface area (Å²) < 4.78 is 17.7. The molecular weight excluding hydrogens is 395 g/mol. The standard InChI is InChI=1S/C17H15IO4/c1-20-16(19)15-14(12-9-5-6-10-13(12)18)21-17(22-15)11-7-3-2-4-8-11/h2-10,14-15,17H,1H3/t14-,15+,17?/m1/s1. The Morgan fingerprint density at radius 3 is 2.41 bits per heavy atom. The van der Waals surface area contributed by atoms with Crippen LogP contribution in [0.5, 0.6) is 0 Å². The molecule has 0 amide bonds. The predicted octanol–water partition coefficient (Wildman–Crippen LogP) is 3.62. The second-order valence-corrected chi connectivity index (χ2v) is 6.06. The van der Waals surface area contributed by atoms with Gasteiger partial charge in [0.25, 0.3) is 0 Å². The minimum absolute atomic E-state index is 0.428. The molecule has 0 aromatic heterocycles. The number of methoxy groups -OCH3 is 1. The molecule has 1 aliphatic heterocycles. The van der Waals surface area contributed by atoms with Crippen molar-refractivity contribution in [1.29, 1.82) is 0 Å². The minimum atomic E-state index is -0.772. The van der Waals surface area contributed by atoms with Crippen LogP contribution >= 0.6 is 22.6 Å². The predicted molar refractivity (Wildman–Crippen MR) is 89.1 cm³/mol. The summed E-state index contributed by atoms with van der Waals surface area (Å²) >= 11 is 2.23. The summed E-state index contributed by atoms with van der Waals surface area (Å²) in [4.78, 5) is 12.1. The molecule has 0 radical (unpaired) electrons. The van der Waals surface area contributed by atoms with Gasteiger partial charge in [-0.3, -0.25) is 0 Å². The van der Waals surface area contributed by atoms with E-state index in [9.17, 15) is 4.79 Å². The van der Waals surface area contributed by atoms with Gasteiger partial charge in [0.1, 0.15) is 6.10 Å². The summed E-state index contributed by atoms with van der Waals surface area (Å²) in [7, 11) is 1.36. The van der Waals surface area contributed by atoms with E-state index in [1.165, 1.54) is 7.11 Å². The van der Waals surface area contributed by atoms with Crippen molar-refractivity contribution in [1.82, 2.24) is 0 Å². The lowest BCUT2D eigenvalue weighted by Crippen LogP contribution is -2.27. The highest BCUT2D eigenvalue weighted by Gasteiger charge is 2.43. The lowest BCUT2D eigenvalue weighted by molar-refractivity contribution is -0.154. The summed E-state index contributed by atoms with van der Waals surface area (Å²) in [5.74, 6) is -0.428. The van der Waals surface area contributed by atoms with E-state index in [4.69, 9.17) is 14.2 Å². The van der Waals surface area contributed by atoms with E-state index >= 15 is 0 Å². The molecule has 22 heavy (non-hydrogen) atoms. The zero-order chi connectivity index (χ0) is 15.5. The molecule has 1 aliphatic rings. The van der Waals surface area contributed by atoms with Crippen molar-refractivity contribution in [2.75, 3.05) is 7.11 Å². The first-order valence-corrected chi connectivity index (χ1v) is 7.96. The Hall–Kier alpha value is -1.44. The van der Waals surface area contributed by atoms with Crippen LogP contribution in [0.3, 0.4) is 0 Å². The highest BCUT2D eigenvalue weighted by atomic mass is 127. The first-order chi connectivity index (χ1) is 10.7. The van der Waals surface area contributed by atoms with Crippen LogP contribution in [0.1, 0.15) is 23.5 Å². The van der Waals surface area contributed by atoms with Crippen molar-refractivity contribution < 1.29 is 19.0 Å². The van der Waals surface area contributed by atoms with Crippen LogP contribution in [0.25, 0.3) is 0 Å². The van der Waals surface area contributed by atoms with Crippen molar-refractivity contribution in [2.24, 2.45) is 0 Å². The first-order valence-electron chi connectivity index (χ1n) is 6.89. The summed E-state index contributed by atoms with van der Waals surface area (Å²) in [6.07, 6.45) is -1.83. The molecule has 5 heteroatoms. The van der Waals surface area contributed by atoms with Crippen LogP contribution in [0.4, 0.5) is 0 Å². The third-order valence-electron chi connectivity index (χ3n) is 3.53. The molecular formula is C17H15IO4. The molecule has 0 N–H and O–H groups in total. The number of benzene rings is 2. The second-order valence-electron chi connectivity index (χ2n) is 4.90. The fraction of sp³-hybridized carbons (Fsp3) is 0.235. The van der Waals surface area contributed by atoms with Gasteiger partial charge < -0.3 is 14.2 Å². The summed E-state index contributed by atoms with van der Waals surface area (Å²) in [6.45, 7) is 0. The molecule has 114 valence electrons. The maximum atomic E-state index is 12.1. The highest BCUT2D eigenvalue weighted by Crippen LogP contribution is 2.41. The van der Waals surface area contributed by atoms with Gasteiger partial charge in [-0.2, -0.15) is 0 Å². The average molecular weight is 410 g/mol. The minimum Gasteiger partial charge on any atom is -0.467 e. The average Bonchev–Trinajstić information content (AvgIpc) is 3.00. The van der Waals surface area contributed by atoms with E-state index in [-0.39, 0.29) is 0 Å². The zero-order valence-corrected chi connectivity index (χ0v) is 14.1. The van der Waals surface area contributed by atoms with Gasteiger partial charge in [0.15, 0.2) is 12.4 Å². The number of hydrogen-bond donors (Lipinski definition) is 0. The van der Waals surface area contributed by atoms with E-state index in [1.807, 2.05) is 54.6 Å². The maximum Gasteiger partial charge on any atom is 0.338 e. The molecule has 0 saturated carbocycles. The second kappa shape index (κ2) is 6.76. The molecule has 1 saturated heterocycles. The van der Waals surface area contributed by atoms with Gasteiger partial charge in [-0.1, -0.05) is 48.5 Å². The summed E-state index contributed by atoms with van der Waals surface area (Å²) in [5, 5.41) is 0. The molecule has 2 aromatic carbocycles. The maximum absolute atomic E-state index is 12.1. The molecule has 3 atom stereocenters. The number of esters is 1. The van der Waals surface area contributed by atoms with Crippen molar-refractivity contribution in [2.45, 2.75) is 18.5 Å². The van der Waals surface area contributed by atoms with Crippen molar-refractivity contribution in [3.8, 4) is 0 Å². The van der Waals surface area contributed by atoms with Gasteiger partial charge in [0, 0.05) is 9.13 Å². The van der Waals surface area contributed by atoms with Gasteiger partial charge in [0.2, 0.25) is 0 Å². The van der Waals surface area contributed by atoms with Crippen molar-refractivity contribution in [3.63, 3.8) is 0 Å². The topological polar surface area (TPSA) is 44.8 Å². The number of halogens is 1. The van der Waals surface area contributed by atoms with Crippen LogP contribution in [-0.2, 0) is 19.0 Å². The molecule has 4 nitrogen and oxygen atoms in total. The largest absolute Gasteiger partial charge is 0.467 e. The fourth-order valence-corrected chi connectivity index (χ4v) is 3.14. The Balaban J connectivity index is 1.93. The highest BCUT2D eigenvalue weighted by molar-refractivity contribution is 14.1. The molecule has 1 unspecified atom stereocenters. The Morgan fingerprint density at radius 2 is 1.73 bits per heavy atom. The van der Waals surface area contributed by atoms with Crippen LogP contribution < -0.4 is 0 Å². The number of carbonyl (C=O) groups is 1. The molecule has 2 aromatic rings. The molecule has 1 fully saturated rings. The number of carbonyl (C=O) groups excluding carboxylic acids is 1. The molecule has 0 spiro atoms. The van der Waals surface area contributed by atoms with E-state index in [2.05, 4.69) is 22.6 Å². The van der Waals surface area contributed by atoms with Crippen molar-refractivity contribution in [3.05, 3.63) is 69.3 Å². The Kier molecular flexibility index (Phi) is 4.75. The normalized spacial score (nSPS) is 24.2. The zero-order valence-electron chi connectivity index (χ0n) is 11.9. The SMILES string of the molecule is COC(=O)[C@H]1OC(c2ccccc2)O[C@@H]1c1ccccc1I. The van der Waals surface area contributed by atoms with Gasteiger partial charge >= 0.3 is 5.97 Å². The Bertz CT molecular complexity index is 659. The smallest absolute Gasteiger partial charge is 0.338 e. The van der Waals surface area contributed by atoms with E-state index in [0.29, 0.717) is 0 Å². The molecule has 0 bridgehead atoms. The van der Waals surface area contributed by atoms with E-state index < -0.39 is 24.5 Å². The van der Waals surface area contributed by atoms with Gasteiger partial charge in [0.05, 0.1) is 7.11 Å². The third-order valence-corrected chi connectivity index (χ3v) is 4.51. The lowest BCUT2D eigenvalue weighted by Gasteiger charge is -2.16.